The Morgan fingerprint density at radius 2 is 0.953 bits per heavy atom. The Hall–Kier alpha value is -4.82. The molecule has 14 heteroatoms. The lowest BCUT2D eigenvalue weighted by molar-refractivity contribution is -0.143. The monoisotopic (exact) mass is 878 g/mol. The van der Waals surface area contributed by atoms with Crippen molar-refractivity contribution in [2.45, 2.75) is 153 Å². The first-order chi connectivity index (χ1) is 31.1. The molecule has 4 aliphatic carbocycles. The summed E-state index contributed by atoms with van der Waals surface area (Å²) >= 11 is 0. The zero-order valence-electron chi connectivity index (χ0n) is 37.4. The van der Waals surface area contributed by atoms with Crippen LogP contribution in [0.5, 0.6) is 0 Å². The average molecular weight is 879 g/mol. The Morgan fingerprint density at radius 3 is 1.28 bits per heavy atom. The molecule has 0 spiro atoms. The minimum Gasteiger partial charge on any atom is -0.396 e. The third-order valence-electron chi connectivity index (χ3n) is 15.7. The van der Waals surface area contributed by atoms with Crippen molar-refractivity contribution in [3.63, 3.8) is 0 Å². The van der Waals surface area contributed by atoms with Gasteiger partial charge in [-0.1, -0.05) is 62.8 Å². The van der Waals surface area contributed by atoms with Crippen LogP contribution in [0.15, 0.2) is 46.0 Å². The van der Waals surface area contributed by atoms with Gasteiger partial charge in [0.15, 0.2) is 0 Å². The predicted octanol–water partition coefficient (Wildman–Crippen LogP) is 4.46. The smallest absolute Gasteiger partial charge is 0.258 e. The number of nitrogens with zero attached hydrogens (tertiary/aromatic N) is 4. The second kappa shape index (κ2) is 18.6. The van der Waals surface area contributed by atoms with Crippen LogP contribution in [0.2, 0.25) is 0 Å². The van der Waals surface area contributed by atoms with E-state index in [1.807, 2.05) is 38.1 Å². The minimum atomic E-state index is -0.677. The standard InChI is InChI=1S/2C25H33N3O4/c2*1-2-6-15-11-12-20-21-18(13-27(20)24(15)31)19(14-29)22(28(21)25(32)16-9-10-16)23(30)26-17-7-4-3-5-8-17/h2*2,6,11-12,16-19,21-22,29H,3-5,7-10,13-14H2,1H3,(H,26,30)/b6-2+;6-2-/t2*18-,19-,21+,22-/m11/s1. The van der Waals surface area contributed by atoms with Gasteiger partial charge in [-0.05, 0) is 89.5 Å². The Bertz CT molecular complexity index is 2140. The number of likely N-dealkylation sites (tertiary alicyclic amines) is 2. The fourth-order valence-corrected chi connectivity index (χ4v) is 12.3. The first kappa shape index (κ1) is 44.4. The molecule has 10 rings (SSSR count). The molecule has 2 aromatic rings. The lowest BCUT2D eigenvalue weighted by atomic mass is 9.87. The van der Waals surface area contributed by atoms with Gasteiger partial charge in [-0.15, -0.1) is 0 Å². The van der Waals surface area contributed by atoms with Crippen molar-refractivity contribution in [2.24, 2.45) is 35.5 Å². The fourth-order valence-electron chi connectivity index (χ4n) is 12.3. The van der Waals surface area contributed by atoms with Crippen molar-refractivity contribution in [1.29, 1.82) is 0 Å². The van der Waals surface area contributed by atoms with E-state index in [1.54, 1.807) is 43.2 Å². The number of carbonyl (C=O) groups excluding carboxylic acids is 4. The Balaban J connectivity index is 0.000000162. The molecule has 4 saturated carbocycles. The van der Waals surface area contributed by atoms with Gasteiger partial charge in [-0.3, -0.25) is 28.8 Å². The van der Waals surface area contributed by atoms with E-state index in [2.05, 4.69) is 10.6 Å². The zero-order valence-corrected chi connectivity index (χ0v) is 37.4. The molecule has 344 valence electrons. The number of aromatic nitrogens is 2. The molecule has 14 nitrogen and oxygen atoms in total. The summed E-state index contributed by atoms with van der Waals surface area (Å²) in [5.41, 5.74) is 2.65. The van der Waals surface area contributed by atoms with E-state index in [9.17, 15) is 39.0 Å². The van der Waals surface area contributed by atoms with Gasteiger partial charge in [-0.2, -0.15) is 0 Å². The number of fused-ring (bicyclic) bond motifs is 6. The molecule has 4 N–H and O–H groups in total. The second-order valence-electron chi connectivity index (χ2n) is 19.8. The van der Waals surface area contributed by atoms with E-state index in [-0.39, 0.29) is 108 Å². The number of allylic oxidation sites excluding steroid dienone is 2. The molecule has 0 aromatic carbocycles. The van der Waals surface area contributed by atoms with Gasteiger partial charge >= 0.3 is 0 Å². The highest BCUT2D eigenvalue weighted by atomic mass is 16.3. The van der Waals surface area contributed by atoms with Crippen molar-refractivity contribution in [3.05, 3.63) is 79.6 Å². The highest BCUT2D eigenvalue weighted by Crippen LogP contribution is 2.53. The van der Waals surface area contributed by atoms with Gasteiger partial charge in [0.2, 0.25) is 23.6 Å². The van der Waals surface area contributed by atoms with Crippen LogP contribution in [0.4, 0.5) is 0 Å². The Labute approximate surface area is 375 Å². The summed E-state index contributed by atoms with van der Waals surface area (Å²) in [6, 6.07) is 5.71. The Morgan fingerprint density at radius 1 is 0.578 bits per heavy atom. The summed E-state index contributed by atoms with van der Waals surface area (Å²) in [4.78, 5) is 83.5. The van der Waals surface area contributed by atoms with Crippen LogP contribution in [0, 0.1) is 35.5 Å². The van der Waals surface area contributed by atoms with E-state index >= 15 is 0 Å². The molecular weight excluding hydrogens is 813 g/mol. The molecule has 4 aliphatic heterocycles. The third kappa shape index (κ3) is 8.11. The van der Waals surface area contributed by atoms with E-state index in [0.717, 1.165) is 88.4 Å². The number of pyridine rings is 2. The maximum Gasteiger partial charge on any atom is 0.258 e. The average Bonchev–Trinajstić information content (AvgIpc) is 4.21. The topological polar surface area (TPSA) is 183 Å². The molecule has 0 radical (unpaired) electrons. The molecule has 8 aliphatic rings. The van der Waals surface area contributed by atoms with Crippen LogP contribution in [0.1, 0.15) is 138 Å². The van der Waals surface area contributed by atoms with Gasteiger partial charge < -0.3 is 39.8 Å². The van der Waals surface area contributed by atoms with Crippen molar-refractivity contribution in [2.75, 3.05) is 13.2 Å². The molecule has 0 unspecified atom stereocenters. The van der Waals surface area contributed by atoms with E-state index in [4.69, 9.17) is 0 Å². The summed E-state index contributed by atoms with van der Waals surface area (Å²) in [6.07, 6.45) is 21.4. The number of aliphatic hydroxyl groups excluding tert-OH is 2. The molecule has 64 heavy (non-hydrogen) atoms. The molecule has 6 fully saturated rings. The summed E-state index contributed by atoms with van der Waals surface area (Å²) in [5, 5.41) is 27.1. The molecule has 2 aromatic heterocycles. The number of hydrogen-bond donors (Lipinski definition) is 4. The molecule has 6 heterocycles. The lowest BCUT2D eigenvalue weighted by Gasteiger charge is -2.33. The van der Waals surface area contributed by atoms with E-state index in [0.29, 0.717) is 24.2 Å². The van der Waals surface area contributed by atoms with Gasteiger partial charge in [-0.25, -0.2) is 0 Å². The number of carbonyl (C=O) groups is 4. The maximum atomic E-state index is 13.5. The summed E-state index contributed by atoms with van der Waals surface area (Å²) < 4.78 is 3.49. The number of aliphatic hydroxyl groups is 2. The summed E-state index contributed by atoms with van der Waals surface area (Å²) in [5.74, 6) is -1.40. The minimum absolute atomic E-state index is 0.00169. The number of rotatable bonds is 10. The van der Waals surface area contributed by atoms with Crippen molar-refractivity contribution >= 4 is 35.8 Å². The molecule has 0 bridgehead atoms. The summed E-state index contributed by atoms with van der Waals surface area (Å²) in [6.45, 7) is 4.25. The van der Waals surface area contributed by atoms with Crippen LogP contribution in [0.3, 0.4) is 0 Å². The van der Waals surface area contributed by atoms with Crippen LogP contribution in [-0.4, -0.2) is 90.2 Å². The summed E-state index contributed by atoms with van der Waals surface area (Å²) in [7, 11) is 0. The molecule has 8 atom stereocenters. The van der Waals surface area contributed by atoms with Crippen LogP contribution < -0.4 is 21.8 Å². The molecule has 2 saturated heterocycles. The second-order valence-corrected chi connectivity index (χ2v) is 19.8. The van der Waals surface area contributed by atoms with Gasteiger partial charge in [0, 0.05) is 96.4 Å². The van der Waals surface area contributed by atoms with Crippen molar-refractivity contribution in [1.82, 2.24) is 29.6 Å². The quantitative estimate of drug-likeness (QED) is 0.270. The van der Waals surface area contributed by atoms with Crippen LogP contribution >= 0.6 is 0 Å². The molecule has 4 amide bonds. The lowest BCUT2D eigenvalue weighted by Crippen LogP contribution is -2.53. The predicted molar refractivity (Wildman–Crippen MR) is 241 cm³/mol. The van der Waals surface area contributed by atoms with Crippen LogP contribution in [-0.2, 0) is 32.3 Å². The number of hydrogen-bond acceptors (Lipinski definition) is 8. The first-order valence-electron chi connectivity index (χ1n) is 24.3. The van der Waals surface area contributed by atoms with E-state index < -0.39 is 12.1 Å². The fraction of sp³-hybridized carbons (Fsp3) is 0.640. The maximum absolute atomic E-state index is 13.5. The number of nitrogens with one attached hydrogen (secondary N) is 2. The zero-order chi connectivity index (χ0) is 44.8. The molecular formula is C50H66N6O8. The normalized spacial score (nSPS) is 29.9. The Kier molecular flexibility index (Phi) is 12.9. The first-order valence-corrected chi connectivity index (χ1v) is 24.3. The van der Waals surface area contributed by atoms with Gasteiger partial charge in [0.05, 0.1) is 12.1 Å². The van der Waals surface area contributed by atoms with E-state index in [1.165, 1.54) is 12.8 Å². The van der Waals surface area contributed by atoms with Crippen molar-refractivity contribution < 1.29 is 29.4 Å². The highest BCUT2D eigenvalue weighted by Gasteiger charge is 2.60. The highest BCUT2D eigenvalue weighted by molar-refractivity contribution is 5.92. The van der Waals surface area contributed by atoms with Gasteiger partial charge in [0.25, 0.3) is 11.1 Å². The third-order valence-corrected chi connectivity index (χ3v) is 15.7. The van der Waals surface area contributed by atoms with Crippen molar-refractivity contribution in [3.8, 4) is 0 Å². The van der Waals surface area contributed by atoms with Crippen LogP contribution in [0.25, 0.3) is 12.2 Å². The largest absolute Gasteiger partial charge is 0.396 e. The SMILES string of the molecule is C/C=C/c1ccc2n(c1=O)C[C@@H]1[C@@H](CO)[C@H](C(=O)NC3CCCCC3)N(C(=O)C3CC3)[C@H]21.C/C=C\c1ccc2n(c1=O)C[C@@H]1[C@@H](CO)[C@H](C(=O)NC3CCCCC3)N(C(=O)C3CC3)[C@H]21. The van der Waals surface area contributed by atoms with Gasteiger partial charge in [0.1, 0.15) is 12.1 Å². The number of amides is 4.